The topological polar surface area (TPSA) is 92.3 Å². The number of rotatable bonds is 7. The Kier molecular flexibility index (Phi) is 6.04. The van der Waals surface area contributed by atoms with E-state index in [1.165, 1.54) is 23.0 Å². The van der Waals surface area contributed by atoms with Crippen LogP contribution in [0, 0.1) is 5.82 Å². The third-order valence-electron chi connectivity index (χ3n) is 5.18. The predicted octanol–water partition coefficient (Wildman–Crippen LogP) is 5.09. The fraction of sp³-hybridized carbons (Fsp3) is 0.0769. The number of benzene rings is 3. The molecule has 3 aromatic carbocycles. The first-order chi connectivity index (χ1) is 17.1. The van der Waals surface area contributed by atoms with E-state index >= 15 is 0 Å². The van der Waals surface area contributed by atoms with Crippen LogP contribution >= 0.6 is 0 Å². The lowest BCUT2D eigenvalue weighted by molar-refractivity contribution is 0.0439. The SMILES string of the molecule is COc1cccc(-c2nn(-c3ccc(F)cc3)cc2C(=O)OCc2nnc(-c3ccccc3)o2)c1. The van der Waals surface area contributed by atoms with Gasteiger partial charge in [0.15, 0.2) is 6.61 Å². The molecule has 0 fully saturated rings. The summed E-state index contributed by atoms with van der Waals surface area (Å²) in [5, 5.41) is 12.5. The summed E-state index contributed by atoms with van der Waals surface area (Å²) < 4.78 is 31.3. The average Bonchev–Trinajstić information content (AvgIpc) is 3.56. The van der Waals surface area contributed by atoms with Gasteiger partial charge < -0.3 is 13.9 Å². The van der Waals surface area contributed by atoms with Crippen LogP contribution in [0.25, 0.3) is 28.4 Å². The van der Waals surface area contributed by atoms with Crippen LogP contribution in [0.5, 0.6) is 5.75 Å². The Hall–Kier alpha value is -4.79. The molecule has 5 rings (SSSR count). The van der Waals surface area contributed by atoms with Crippen LogP contribution in [-0.4, -0.2) is 33.1 Å². The first-order valence-corrected chi connectivity index (χ1v) is 10.7. The second-order valence-electron chi connectivity index (χ2n) is 7.49. The maximum atomic E-state index is 13.4. The highest BCUT2D eigenvalue weighted by Gasteiger charge is 2.21. The lowest BCUT2D eigenvalue weighted by Crippen LogP contribution is -2.06. The third kappa shape index (κ3) is 4.79. The molecule has 0 saturated carbocycles. The summed E-state index contributed by atoms with van der Waals surface area (Å²) >= 11 is 0. The van der Waals surface area contributed by atoms with E-state index in [0.717, 1.165) is 5.56 Å². The number of nitrogens with zero attached hydrogens (tertiary/aromatic N) is 4. The molecule has 0 amide bonds. The fourth-order valence-corrected chi connectivity index (χ4v) is 3.45. The summed E-state index contributed by atoms with van der Waals surface area (Å²) in [6.07, 6.45) is 1.54. The van der Waals surface area contributed by atoms with Crippen LogP contribution in [0.4, 0.5) is 4.39 Å². The van der Waals surface area contributed by atoms with Crippen LogP contribution < -0.4 is 4.74 Å². The molecule has 0 aliphatic heterocycles. The maximum absolute atomic E-state index is 13.4. The summed E-state index contributed by atoms with van der Waals surface area (Å²) in [5.74, 6) is 0.0972. The number of ether oxygens (including phenoxy) is 2. The minimum Gasteiger partial charge on any atom is -0.497 e. The predicted molar refractivity (Wildman–Crippen MR) is 124 cm³/mol. The summed E-state index contributed by atoms with van der Waals surface area (Å²) in [6.45, 7) is -0.210. The zero-order valence-corrected chi connectivity index (χ0v) is 18.6. The minimum absolute atomic E-state index is 0.158. The molecule has 0 aliphatic carbocycles. The van der Waals surface area contributed by atoms with Crippen molar-refractivity contribution in [3.05, 3.63) is 102 Å². The van der Waals surface area contributed by atoms with Crippen molar-refractivity contribution in [1.82, 2.24) is 20.0 Å². The van der Waals surface area contributed by atoms with E-state index < -0.39 is 5.97 Å². The molecule has 0 radical (unpaired) electrons. The summed E-state index contributed by atoms with van der Waals surface area (Å²) in [5.41, 5.74) is 2.60. The Morgan fingerprint density at radius 3 is 2.51 bits per heavy atom. The Bertz CT molecular complexity index is 1460. The molecule has 0 aliphatic rings. The Balaban J connectivity index is 1.42. The molecule has 9 heteroatoms. The number of hydrogen-bond acceptors (Lipinski definition) is 7. The molecule has 0 atom stereocenters. The van der Waals surface area contributed by atoms with Gasteiger partial charge in [0.1, 0.15) is 22.8 Å². The molecule has 174 valence electrons. The lowest BCUT2D eigenvalue weighted by Gasteiger charge is -2.05. The lowest BCUT2D eigenvalue weighted by atomic mass is 10.1. The average molecular weight is 470 g/mol. The van der Waals surface area contributed by atoms with Crippen molar-refractivity contribution in [1.29, 1.82) is 0 Å². The van der Waals surface area contributed by atoms with Crippen LogP contribution in [-0.2, 0) is 11.3 Å². The molecule has 0 N–H and O–H groups in total. The van der Waals surface area contributed by atoms with Gasteiger partial charge in [0.2, 0.25) is 5.89 Å². The van der Waals surface area contributed by atoms with Crippen LogP contribution in [0.1, 0.15) is 16.2 Å². The van der Waals surface area contributed by atoms with Crippen molar-refractivity contribution in [2.45, 2.75) is 6.61 Å². The van der Waals surface area contributed by atoms with Crippen molar-refractivity contribution < 1.29 is 23.1 Å². The second kappa shape index (κ2) is 9.60. The van der Waals surface area contributed by atoms with Gasteiger partial charge in [0.05, 0.1) is 12.8 Å². The van der Waals surface area contributed by atoms with Gasteiger partial charge in [0.25, 0.3) is 5.89 Å². The van der Waals surface area contributed by atoms with E-state index in [4.69, 9.17) is 13.9 Å². The van der Waals surface area contributed by atoms with Crippen molar-refractivity contribution in [3.63, 3.8) is 0 Å². The molecule has 0 bridgehead atoms. The quantitative estimate of drug-likeness (QED) is 0.306. The highest BCUT2D eigenvalue weighted by molar-refractivity contribution is 5.96. The standard InChI is InChI=1S/C26H19FN4O4/c1-33-21-9-5-8-18(14-21)24-22(15-31(30-24)20-12-10-19(27)11-13-20)26(32)34-16-23-28-29-25(35-23)17-6-3-2-4-7-17/h2-15H,16H2,1H3. The molecule has 2 heterocycles. The molecule has 0 saturated heterocycles. The van der Waals surface area contributed by atoms with Gasteiger partial charge in [-0.15, -0.1) is 10.2 Å². The van der Waals surface area contributed by atoms with E-state index in [2.05, 4.69) is 15.3 Å². The van der Waals surface area contributed by atoms with Crippen molar-refractivity contribution >= 4 is 5.97 Å². The number of methoxy groups -OCH3 is 1. The number of halogens is 1. The van der Waals surface area contributed by atoms with E-state index in [1.807, 2.05) is 30.3 Å². The van der Waals surface area contributed by atoms with Crippen LogP contribution in [0.3, 0.4) is 0 Å². The molecule has 5 aromatic rings. The summed E-state index contributed by atoms with van der Waals surface area (Å²) in [7, 11) is 1.56. The Labute approximate surface area is 199 Å². The molecule has 0 unspecified atom stereocenters. The zero-order valence-electron chi connectivity index (χ0n) is 18.6. The molecular formula is C26H19FN4O4. The van der Waals surface area contributed by atoms with Crippen LogP contribution in [0.15, 0.2) is 89.5 Å². The van der Waals surface area contributed by atoms with Gasteiger partial charge in [-0.2, -0.15) is 5.10 Å². The highest BCUT2D eigenvalue weighted by Crippen LogP contribution is 2.28. The molecule has 2 aromatic heterocycles. The van der Waals surface area contributed by atoms with Gasteiger partial charge >= 0.3 is 5.97 Å². The number of carbonyl (C=O) groups is 1. The molecule has 35 heavy (non-hydrogen) atoms. The fourth-order valence-electron chi connectivity index (χ4n) is 3.45. The van der Waals surface area contributed by atoms with E-state index in [0.29, 0.717) is 28.6 Å². The smallest absolute Gasteiger partial charge is 0.342 e. The van der Waals surface area contributed by atoms with Gasteiger partial charge in [-0.05, 0) is 48.5 Å². The molecular weight excluding hydrogens is 451 g/mol. The Morgan fingerprint density at radius 2 is 1.74 bits per heavy atom. The van der Waals surface area contributed by atoms with Gasteiger partial charge in [-0.3, -0.25) is 0 Å². The number of aromatic nitrogens is 4. The van der Waals surface area contributed by atoms with Crippen molar-refractivity contribution in [2.75, 3.05) is 7.11 Å². The van der Waals surface area contributed by atoms with Crippen molar-refractivity contribution in [3.8, 4) is 34.1 Å². The molecule has 0 spiro atoms. The number of carbonyl (C=O) groups excluding carboxylic acids is 1. The normalized spacial score (nSPS) is 10.8. The Morgan fingerprint density at radius 1 is 0.971 bits per heavy atom. The van der Waals surface area contributed by atoms with E-state index in [-0.39, 0.29) is 23.9 Å². The van der Waals surface area contributed by atoms with Gasteiger partial charge in [-0.25, -0.2) is 13.9 Å². The minimum atomic E-state index is -0.629. The first kappa shape index (κ1) is 22.0. The van der Waals surface area contributed by atoms with Gasteiger partial charge in [-0.1, -0.05) is 30.3 Å². The highest BCUT2D eigenvalue weighted by atomic mass is 19.1. The van der Waals surface area contributed by atoms with Crippen LogP contribution in [0.2, 0.25) is 0 Å². The van der Waals surface area contributed by atoms with Crippen molar-refractivity contribution in [2.24, 2.45) is 0 Å². The summed E-state index contributed by atoms with van der Waals surface area (Å²) in [6, 6.07) is 22.2. The first-order valence-electron chi connectivity index (χ1n) is 10.7. The number of hydrogen-bond donors (Lipinski definition) is 0. The van der Waals surface area contributed by atoms with E-state index in [1.54, 1.807) is 43.5 Å². The van der Waals surface area contributed by atoms with E-state index in [9.17, 15) is 9.18 Å². The third-order valence-corrected chi connectivity index (χ3v) is 5.18. The largest absolute Gasteiger partial charge is 0.497 e. The number of esters is 1. The summed E-state index contributed by atoms with van der Waals surface area (Å²) in [4.78, 5) is 13.1. The zero-order chi connectivity index (χ0) is 24.2. The second-order valence-corrected chi connectivity index (χ2v) is 7.49. The molecule has 8 nitrogen and oxygen atoms in total. The monoisotopic (exact) mass is 470 g/mol. The maximum Gasteiger partial charge on any atom is 0.342 e. The van der Waals surface area contributed by atoms with Gasteiger partial charge in [0, 0.05) is 17.3 Å².